The Labute approximate surface area is 202 Å². The predicted molar refractivity (Wildman–Crippen MR) is 124 cm³/mol. The molecule has 2 aliphatic heterocycles. The molecule has 0 amide bonds. The van der Waals surface area contributed by atoms with Crippen LogP contribution in [0.5, 0.6) is 0 Å². The Hall–Kier alpha value is -2.52. The Morgan fingerprint density at radius 3 is 2.71 bits per heavy atom. The van der Waals surface area contributed by atoms with E-state index in [2.05, 4.69) is 10.4 Å². The third kappa shape index (κ3) is 5.10. The van der Waals surface area contributed by atoms with E-state index in [0.717, 1.165) is 28.4 Å². The number of ether oxygens (including phenoxy) is 1. The molecule has 1 N–H and O–H groups in total. The van der Waals surface area contributed by atoms with Crippen molar-refractivity contribution in [1.82, 2.24) is 14.1 Å². The number of anilines is 1. The average Bonchev–Trinajstić information content (AvgIpc) is 2.86. The zero-order valence-corrected chi connectivity index (χ0v) is 19.9. The van der Waals surface area contributed by atoms with E-state index in [1.54, 1.807) is 0 Å². The first kappa shape index (κ1) is 24.6. The minimum atomic E-state index is -3.94. The SMILES string of the molecule is N#Cc1ccc(S(=O)(=O)N2CC[C@H](n3ncc(NC[C@@H]4CCCOC4)c(Cl)c3=O)[C@@H](F)C2)cc1. The van der Waals surface area contributed by atoms with Crippen LogP contribution in [-0.2, 0) is 14.8 Å². The van der Waals surface area contributed by atoms with Gasteiger partial charge in [0.2, 0.25) is 10.0 Å². The summed E-state index contributed by atoms with van der Waals surface area (Å²) in [6, 6.07) is 6.44. The summed E-state index contributed by atoms with van der Waals surface area (Å²) in [5.41, 5.74) is 0.0840. The van der Waals surface area contributed by atoms with Crippen LogP contribution in [0.15, 0.2) is 40.2 Å². The Morgan fingerprint density at radius 1 is 1.29 bits per heavy atom. The third-order valence-corrected chi connectivity index (χ3v) is 8.43. The number of nitrogens with zero attached hydrogens (tertiary/aromatic N) is 4. The summed E-state index contributed by atoms with van der Waals surface area (Å²) in [4.78, 5) is 12.8. The van der Waals surface area contributed by atoms with Gasteiger partial charge in [-0.05, 0) is 49.4 Å². The zero-order chi connectivity index (χ0) is 24.3. The smallest absolute Gasteiger partial charge is 0.288 e. The molecule has 1 aromatic carbocycles. The van der Waals surface area contributed by atoms with Crippen molar-refractivity contribution in [3.05, 3.63) is 51.4 Å². The van der Waals surface area contributed by atoms with E-state index >= 15 is 4.39 Å². The fourth-order valence-corrected chi connectivity index (χ4v) is 5.90. The molecule has 4 rings (SSSR count). The van der Waals surface area contributed by atoms with Crippen LogP contribution in [0.3, 0.4) is 0 Å². The van der Waals surface area contributed by atoms with Crippen LogP contribution in [0.25, 0.3) is 0 Å². The monoisotopic (exact) mass is 509 g/mol. The number of sulfonamides is 1. The molecule has 3 heterocycles. The molecule has 0 aliphatic carbocycles. The standard InChI is InChI=1S/C22H25ClFN5O4S/c23-21-19(26-11-16-2-1-9-33-14-16)12-27-29(22(21)30)20-7-8-28(13-18(20)24)34(31,32)17-5-3-15(10-25)4-6-17/h3-6,12,16,18,20,26H,1-2,7-9,11,13-14H2/t16-,18-,20-/m0/s1. The first-order valence-electron chi connectivity index (χ1n) is 11.0. The molecule has 2 fully saturated rings. The second kappa shape index (κ2) is 10.4. The highest BCUT2D eigenvalue weighted by Crippen LogP contribution is 2.29. The molecule has 9 nitrogen and oxygen atoms in total. The van der Waals surface area contributed by atoms with Gasteiger partial charge < -0.3 is 10.1 Å². The molecule has 3 atom stereocenters. The van der Waals surface area contributed by atoms with E-state index in [9.17, 15) is 13.2 Å². The van der Waals surface area contributed by atoms with E-state index in [1.807, 2.05) is 6.07 Å². The molecule has 0 radical (unpaired) electrons. The minimum Gasteiger partial charge on any atom is -0.382 e. The summed E-state index contributed by atoms with van der Waals surface area (Å²) >= 11 is 6.27. The predicted octanol–water partition coefficient (Wildman–Crippen LogP) is 2.58. The van der Waals surface area contributed by atoms with Crippen molar-refractivity contribution in [2.24, 2.45) is 5.92 Å². The Bertz CT molecular complexity index is 1230. The summed E-state index contributed by atoms with van der Waals surface area (Å²) in [6.07, 6.45) is 1.81. The largest absolute Gasteiger partial charge is 0.382 e. The van der Waals surface area contributed by atoms with Crippen LogP contribution < -0.4 is 10.9 Å². The lowest BCUT2D eigenvalue weighted by atomic mass is 10.0. The Kier molecular flexibility index (Phi) is 7.52. The minimum absolute atomic E-state index is 0.0147. The fraction of sp³-hybridized carbons (Fsp3) is 0.500. The van der Waals surface area contributed by atoms with Crippen molar-refractivity contribution in [2.75, 3.05) is 38.2 Å². The number of halogens is 2. The maximum Gasteiger partial charge on any atom is 0.288 e. The van der Waals surface area contributed by atoms with Crippen molar-refractivity contribution >= 4 is 27.3 Å². The van der Waals surface area contributed by atoms with E-state index in [1.165, 1.54) is 30.5 Å². The van der Waals surface area contributed by atoms with E-state index < -0.39 is 34.3 Å². The lowest BCUT2D eigenvalue weighted by Crippen LogP contribution is -2.47. The molecule has 0 unspecified atom stereocenters. The highest BCUT2D eigenvalue weighted by atomic mass is 35.5. The van der Waals surface area contributed by atoms with Crippen LogP contribution in [0, 0.1) is 17.2 Å². The second-order valence-electron chi connectivity index (χ2n) is 8.46. The van der Waals surface area contributed by atoms with Crippen molar-refractivity contribution in [3.8, 4) is 6.07 Å². The van der Waals surface area contributed by atoms with Crippen LogP contribution in [-0.4, -0.2) is 61.5 Å². The van der Waals surface area contributed by atoms with Gasteiger partial charge in [-0.25, -0.2) is 17.5 Å². The Balaban J connectivity index is 1.45. The normalized spacial score (nSPS) is 23.9. The fourth-order valence-electron chi connectivity index (χ4n) is 4.24. The number of aromatic nitrogens is 2. The first-order valence-corrected chi connectivity index (χ1v) is 12.9. The maximum absolute atomic E-state index is 15.1. The molecule has 1 aromatic heterocycles. The van der Waals surface area contributed by atoms with Gasteiger partial charge in [-0.2, -0.15) is 14.7 Å². The average molecular weight is 510 g/mol. The van der Waals surface area contributed by atoms with Crippen molar-refractivity contribution < 1.29 is 17.5 Å². The number of alkyl halides is 1. The molecule has 34 heavy (non-hydrogen) atoms. The molecule has 0 spiro atoms. The molecule has 2 saturated heterocycles. The van der Waals surface area contributed by atoms with E-state index in [-0.39, 0.29) is 22.9 Å². The van der Waals surface area contributed by atoms with Gasteiger partial charge in [0, 0.05) is 26.2 Å². The van der Waals surface area contributed by atoms with Crippen LogP contribution in [0.4, 0.5) is 10.1 Å². The van der Waals surface area contributed by atoms with Crippen LogP contribution in [0.2, 0.25) is 5.02 Å². The number of piperidine rings is 1. The summed E-state index contributed by atoms with van der Waals surface area (Å²) in [5.74, 6) is 0.310. The quantitative estimate of drug-likeness (QED) is 0.636. The van der Waals surface area contributed by atoms with E-state index in [4.69, 9.17) is 21.6 Å². The van der Waals surface area contributed by atoms with E-state index in [0.29, 0.717) is 30.3 Å². The number of nitriles is 1. The van der Waals surface area contributed by atoms with Gasteiger partial charge in [0.25, 0.3) is 5.56 Å². The maximum atomic E-state index is 15.1. The van der Waals surface area contributed by atoms with Crippen molar-refractivity contribution in [1.29, 1.82) is 5.26 Å². The van der Waals surface area contributed by atoms with Crippen LogP contribution >= 0.6 is 11.6 Å². The third-order valence-electron chi connectivity index (χ3n) is 6.18. The van der Waals surface area contributed by atoms with Gasteiger partial charge >= 0.3 is 0 Å². The van der Waals surface area contributed by atoms with Gasteiger partial charge in [-0.1, -0.05) is 11.6 Å². The molecule has 12 heteroatoms. The van der Waals surface area contributed by atoms with Crippen molar-refractivity contribution in [3.63, 3.8) is 0 Å². The number of rotatable bonds is 6. The van der Waals surface area contributed by atoms with Gasteiger partial charge in [-0.3, -0.25) is 4.79 Å². The topological polar surface area (TPSA) is 117 Å². The number of hydrogen-bond donors (Lipinski definition) is 1. The summed E-state index contributed by atoms with van der Waals surface area (Å²) in [6.45, 7) is 1.58. The lowest BCUT2D eigenvalue weighted by Gasteiger charge is -2.34. The highest BCUT2D eigenvalue weighted by Gasteiger charge is 2.38. The molecule has 0 saturated carbocycles. The molecular formula is C22H25ClFN5O4S. The molecular weight excluding hydrogens is 485 g/mol. The first-order chi connectivity index (χ1) is 16.3. The van der Waals surface area contributed by atoms with Crippen molar-refractivity contribution in [2.45, 2.75) is 36.4 Å². The number of benzene rings is 1. The zero-order valence-electron chi connectivity index (χ0n) is 18.4. The highest BCUT2D eigenvalue weighted by molar-refractivity contribution is 7.89. The second-order valence-corrected chi connectivity index (χ2v) is 10.8. The van der Waals surface area contributed by atoms with Gasteiger partial charge in [0.15, 0.2) is 0 Å². The number of hydrogen-bond acceptors (Lipinski definition) is 7. The summed E-state index contributed by atoms with van der Waals surface area (Å²) in [7, 11) is -3.94. The molecule has 2 aliphatic rings. The Morgan fingerprint density at radius 2 is 2.06 bits per heavy atom. The summed E-state index contributed by atoms with van der Waals surface area (Å²) < 4.78 is 48.4. The summed E-state index contributed by atoms with van der Waals surface area (Å²) in [5, 5.41) is 16.1. The van der Waals surface area contributed by atoms with Crippen LogP contribution in [0.1, 0.15) is 30.9 Å². The lowest BCUT2D eigenvalue weighted by molar-refractivity contribution is 0.0595. The number of nitrogens with one attached hydrogen (secondary N) is 1. The van der Waals surface area contributed by atoms with Gasteiger partial charge in [-0.15, -0.1) is 0 Å². The van der Waals surface area contributed by atoms with Gasteiger partial charge in [0.1, 0.15) is 11.2 Å². The molecule has 2 aromatic rings. The molecule has 0 bridgehead atoms. The van der Waals surface area contributed by atoms with Gasteiger partial charge in [0.05, 0.1) is 41.1 Å². The molecule has 182 valence electrons.